The van der Waals surface area contributed by atoms with Gasteiger partial charge < -0.3 is 10.2 Å². The van der Waals surface area contributed by atoms with E-state index in [-0.39, 0.29) is 40.5 Å². The Morgan fingerprint density at radius 2 is 1.48 bits per heavy atom. The van der Waals surface area contributed by atoms with Gasteiger partial charge in [-0.15, -0.1) is 0 Å². The van der Waals surface area contributed by atoms with Gasteiger partial charge in [-0.1, -0.05) is 77.6 Å². The Morgan fingerprint density at radius 1 is 0.875 bits per heavy atom. The maximum Gasteiger partial charge on any atom is 0.264 e. The first-order valence-electron chi connectivity index (χ1n) is 12.4. The van der Waals surface area contributed by atoms with Crippen LogP contribution in [0, 0.1) is 0 Å². The number of benzene rings is 3. The number of amides is 2. The number of hydrogen-bond donors (Lipinski definition) is 1. The molecule has 3 aromatic carbocycles. The predicted molar refractivity (Wildman–Crippen MR) is 162 cm³/mol. The van der Waals surface area contributed by atoms with Crippen molar-refractivity contribution in [2.45, 2.75) is 50.7 Å². The fourth-order valence-corrected chi connectivity index (χ4v) is 6.53. The monoisotopic (exact) mass is 643 g/mol. The smallest absolute Gasteiger partial charge is 0.264 e. The second-order valence-corrected chi connectivity index (χ2v) is 12.8. The fourth-order valence-electron chi connectivity index (χ4n) is 4.05. The zero-order valence-corrected chi connectivity index (χ0v) is 25.9. The van der Waals surface area contributed by atoms with Crippen molar-refractivity contribution in [3.63, 3.8) is 0 Å². The van der Waals surface area contributed by atoms with Gasteiger partial charge in [-0.05, 0) is 68.3 Å². The largest absolute Gasteiger partial charge is 0.352 e. The molecule has 2 amide bonds. The SMILES string of the molecule is CC[C@@H](C(=O)NC(C)C)N(Cc1ccc(Cl)cc1Cl)C(=O)CN(c1ccc(Cl)cc1Cl)S(=O)(=O)c1ccccc1. The molecule has 0 aliphatic rings. The van der Waals surface area contributed by atoms with Gasteiger partial charge in [0, 0.05) is 27.7 Å². The number of halogens is 4. The molecule has 0 bridgehead atoms. The summed E-state index contributed by atoms with van der Waals surface area (Å²) in [5.74, 6) is -1.01. The number of carbonyl (C=O) groups is 2. The molecule has 0 aliphatic carbocycles. The lowest BCUT2D eigenvalue weighted by atomic mass is 10.1. The molecule has 3 rings (SSSR count). The zero-order valence-electron chi connectivity index (χ0n) is 22.1. The Balaban J connectivity index is 2.11. The lowest BCUT2D eigenvalue weighted by Gasteiger charge is -2.34. The van der Waals surface area contributed by atoms with E-state index >= 15 is 0 Å². The van der Waals surface area contributed by atoms with E-state index in [4.69, 9.17) is 46.4 Å². The summed E-state index contributed by atoms with van der Waals surface area (Å²) >= 11 is 25.0. The van der Waals surface area contributed by atoms with Crippen LogP contribution in [0.3, 0.4) is 0 Å². The third-order valence-electron chi connectivity index (χ3n) is 5.96. The molecule has 0 radical (unpaired) electrons. The van der Waals surface area contributed by atoms with E-state index in [1.165, 1.54) is 41.3 Å². The average Bonchev–Trinajstić information content (AvgIpc) is 2.88. The quantitative estimate of drug-likeness (QED) is 0.248. The molecule has 0 spiro atoms. The zero-order chi connectivity index (χ0) is 29.6. The molecule has 0 saturated carbocycles. The highest BCUT2D eigenvalue weighted by molar-refractivity contribution is 7.92. The summed E-state index contributed by atoms with van der Waals surface area (Å²) in [6, 6.07) is 15.7. The van der Waals surface area contributed by atoms with Crippen LogP contribution in [-0.4, -0.2) is 43.8 Å². The Kier molecular flexibility index (Phi) is 11.1. The maximum atomic E-state index is 14.1. The van der Waals surface area contributed by atoms with Crippen LogP contribution in [0.25, 0.3) is 0 Å². The van der Waals surface area contributed by atoms with E-state index in [9.17, 15) is 18.0 Å². The Hall–Kier alpha value is -2.49. The van der Waals surface area contributed by atoms with Gasteiger partial charge >= 0.3 is 0 Å². The number of nitrogens with zero attached hydrogens (tertiary/aromatic N) is 2. The van der Waals surface area contributed by atoms with Gasteiger partial charge in [0.05, 0.1) is 15.6 Å². The number of anilines is 1. The molecule has 0 saturated heterocycles. The summed E-state index contributed by atoms with van der Waals surface area (Å²) in [6.45, 7) is 4.68. The highest BCUT2D eigenvalue weighted by Crippen LogP contribution is 2.33. The predicted octanol–water partition coefficient (Wildman–Crippen LogP) is 6.83. The summed E-state index contributed by atoms with van der Waals surface area (Å²) in [6.07, 6.45) is 0.267. The minimum atomic E-state index is -4.26. The average molecular weight is 645 g/mol. The van der Waals surface area contributed by atoms with E-state index < -0.39 is 28.5 Å². The minimum Gasteiger partial charge on any atom is -0.352 e. The van der Waals surface area contributed by atoms with Gasteiger partial charge in [0.1, 0.15) is 12.6 Å². The molecule has 1 atom stereocenters. The van der Waals surface area contributed by atoms with Crippen LogP contribution >= 0.6 is 46.4 Å². The first-order valence-corrected chi connectivity index (χ1v) is 15.4. The molecule has 214 valence electrons. The summed E-state index contributed by atoms with van der Waals surface area (Å²) in [7, 11) is -4.26. The van der Waals surface area contributed by atoms with Crippen LogP contribution in [0.1, 0.15) is 32.8 Å². The first kappa shape index (κ1) is 32.0. The van der Waals surface area contributed by atoms with Gasteiger partial charge in [-0.2, -0.15) is 0 Å². The number of nitrogens with one attached hydrogen (secondary N) is 1. The van der Waals surface area contributed by atoms with Crippen LogP contribution in [0.2, 0.25) is 20.1 Å². The second kappa shape index (κ2) is 13.9. The van der Waals surface area contributed by atoms with Gasteiger partial charge in [0.25, 0.3) is 10.0 Å². The van der Waals surface area contributed by atoms with Crippen molar-refractivity contribution in [1.82, 2.24) is 10.2 Å². The van der Waals surface area contributed by atoms with Crippen LogP contribution in [-0.2, 0) is 26.2 Å². The topological polar surface area (TPSA) is 86.8 Å². The molecule has 0 aromatic heterocycles. The molecule has 3 aromatic rings. The van der Waals surface area contributed by atoms with Gasteiger partial charge in [0.2, 0.25) is 11.8 Å². The third-order valence-corrected chi connectivity index (χ3v) is 8.86. The number of hydrogen-bond acceptors (Lipinski definition) is 4. The van der Waals surface area contributed by atoms with E-state index in [2.05, 4.69) is 5.32 Å². The molecule has 0 unspecified atom stereocenters. The molecule has 0 heterocycles. The van der Waals surface area contributed by atoms with E-state index in [1.807, 2.05) is 13.8 Å². The van der Waals surface area contributed by atoms with Crippen LogP contribution in [0.4, 0.5) is 5.69 Å². The number of rotatable bonds is 11. The molecule has 7 nitrogen and oxygen atoms in total. The fraction of sp³-hybridized carbons (Fsp3) is 0.286. The van der Waals surface area contributed by atoms with Gasteiger partial charge in [0.15, 0.2) is 0 Å². The first-order chi connectivity index (χ1) is 18.8. The maximum absolute atomic E-state index is 14.1. The molecule has 0 aliphatic heterocycles. The minimum absolute atomic E-state index is 0.0364. The number of carbonyl (C=O) groups excluding carboxylic acids is 2. The number of sulfonamides is 1. The molecule has 1 N–H and O–H groups in total. The lowest BCUT2D eigenvalue weighted by Crippen LogP contribution is -2.53. The molecular formula is C28H29Cl4N3O4S. The standard InChI is InChI=1S/C28H29Cl4N3O4S/c1-4-25(28(37)33-18(2)3)34(16-19-10-11-20(29)14-23(19)31)27(36)17-35(26-13-12-21(30)15-24(26)32)40(38,39)22-8-6-5-7-9-22/h5-15,18,25H,4,16-17H2,1-3H3,(H,33,37)/t25-/m0/s1. The van der Waals surface area contributed by atoms with Crippen LogP contribution < -0.4 is 9.62 Å². The Labute approximate surface area is 255 Å². The van der Waals surface area contributed by atoms with Crippen molar-refractivity contribution in [3.05, 3.63) is 92.4 Å². The van der Waals surface area contributed by atoms with Crippen molar-refractivity contribution >= 4 is 73.9 Å². The summed E-state index contributed by atoms with van der Waals surface area (Å²) in [5.41, 5.74) is 0.602. The van der Waals surface area contributed by atoms with Crippen molar-refractivity contribution in [2.75, 3.05) is 10.8 Å². The summed E-state index contributed by atoms with van der Waals surface area (Å²) < 4.78 is 28.6. The van der Waals surface area contributed by atoms with E-state index in [0.717, 1.165) is 4.31 Å². The van der Waals surface area contributed by atoms with Crippen molar-refractivity contribution in [1.29, 1.82) is 0 Å². The Bertz CT molecular complexity index is 1470. The highest BCUT2D eigenvalue weighted by Gasteiger charge is 2.34. The molecule has 12 heteroatoms. The Morgan fingerprint density at radius 3 is 2.02 bits per heavy atom. The summed E-state index contributed by atoms with van der Waals surface area (Å²) in [5, 5.41) is 3.89. The van der Waals surface area contributed by atoms with E-state index in [0.29, 0.717) is 20.6 Å². The van der Waals surface area contributed by atoms with Crippen LogP contribution in [0.5, 0.6) is 0 Å². The summed E-state index contributed by atoms with van der Waals surface area (Å²) in [4.78, 5) is 28.5. The van der Waals surface area contributed by atoms with Gasteiger partial charge in [-0.25, -0.2) is 8.42 Å². The van der Waals surface area contributed by atoms with Gasteiger partial charge in [-0.3, -0.25) is 13.9 Å². The van der Waals surface area contributed by atoms with E-state index in [1.54, 1.807) is 37.3 Å². The van der Waals surface area contributed by atoms with Crippen molar-refractivity contribution < 1.29 is 18.0 Å². The third kappa shape index (κ3) is 7.83. The van der Waals surface area contributed by atoms with Crippen molar-refractivity contribution in [3.8, 4) is 0 Å². The van der Waals surface area contributed by atoms with Crippen LogP contribution in [0.15, 0.2) is 71.6 Å². The second-order valence-electron chi connectivity index (χ2n) is 9.27. The normalized spacial score (nSPS) is 12.2. The lowest BCUT2D eigenvalue weighted by molar-refractivity contribution is -0.140. The molecule has 0 fully saturated rings. The van der Waals surface area contributed by atoms with Crippen molar-refractivity contribution in [2.24, 2.45) is 0 Å². The molecule has 40 heavy (non-hydrogen) atoms. The highest BCUT2D eigenvalue weighted by atomic mass is 35.5. The molecular weight excluding hydrogens is 616 g/mol.